The van der Waals surface area contributed by atoms with Crippen molar-refractivity contribution in [3.63, 3.8) is 0 Å². The molecule has 1 heterocycles. The van der Waals surface area contributed by atoms with Gasteiger partial charge in [-0.2, -0.15) is 17.5 Å². The summed E-state index contributed by atoms with van der Waals surface area (Å²) in [5.74, 6) is -0.101. The summed E-state index contributed by atoms with van der Waals surface area (Å²) in [6.07, 6.45) is -3.40. The van der Waals surface area contributed by atoms with Gasteiger partial charge in [0.1, 0.15) is 0 Å². The number of amides is 1. The first-order chi connectivity index (χ1) is 21.8. The lowest BCUT2D eigenvalue weighted by Crippen LogP contribution is -2.52. The molecule has 0 N–H and O–H groups in total. The average Bonchev–Trinajstić information content (AvgIpc) is 3.04. The van der Waals surface area contributed by atoms with E-state index in [0.717, 1.165) is 28.0 Å². The van der Waals surface area contributed by atoms with Gasteiger partial charge in [-0.15, -0.1) is 0 Å². The molecule has 1 aliphatic heterocycles. The molecule has 1 atom stereocenters. The number of hydrogen-bond donors (Lipinski definition) is 0. The Bertz CT molecular complexity index is 1800. The molecule has 1 saturated heterocycles. The molecule has 0 aromatic heterocycles. The minimum Gasteiger partial charge on any atom is -0.339 e. The first-order valence-electron chi connectivity index (χ1n) is 15.6. The zero-order valence-corrected chi connectivity index (χ0v) is 27.2. The molecule has 0 bridgehead atoms. The van der Waals surface area contributed by atoms with Gasteiger partial charge in [0.05, 0.1) is 17.0 Å². The van der Waals surface area contributed by atoms with Gasteiger partial charge in [-0.05, 0) is 91.4 Å². The first-order valence-corrected chi connectivity index (χ1v) is 17.0. The Labute approximate surface area is 269 Å². The highest BCUT2D eigenvalue weighted by atomic mass is 32.2. The highest BCUT2D eigenvalue weighted by Crippen LogP contribution is 2.30. The summed E-state index contributed by atoms with van der Waals surface area (Å²) in [5.41, 5.74) is 2.52. The van der Waals surface area contributed by atoms with Gasteiger partial charge in [0, 0.05) is 32.2 Å². The molecule has 0 saturated carbocycles. The molecule has 0 spiro atoms. The molecule has 0 unspecified atom stereocenters. The van der Waals surface area contributed by atoms with E-state index >= 15 is 0 Å². The number of alkyl halides is 3. The van der Waals surface area contributed by atoms with Crippen LogP contribution in [-0.4, -0.2) is 67.7 Å². The topological polar surface area (TPSA) is 60.9 Å². The van der Waals surface area contributed by atoms with Gasteiger partial charge < -0.3 is 4.90 Å². The van der Waals surface area contributed by atoms with Crippen molar-refractivity contribution in [2.24, 2.45) is 0 Å². The van der Waals surface area contributed by atoms with E-state index in [1.54, 1.807) is 30.0 Å². The van der Waals surface area contributed by atoms with E-state index in [1.165, 1.54) is 16.4 Å². The number of sulfonamides is 1. The molecule has 46 heavy (non-hydrogen) atoms. The van der Waals surface area contributed by atoms with E-state index in [1.807, 2.05) is 50.2 Å². The third-order valence-corrected chi connectivity index (χ3v) is 10.9. The Kier molecular flexibility index (Phi) is 10.2. The molecule has 6 nitrogen and oxygen atoms in total. The molecule has 4 aromatic carbocycles. The monoisotopic (exact) mass is 651 g/mol. The number of carbonyl (C=O) groups is 1. The maximum Gasteiger partial charge on any atom is 0.416 e. The van der Waals surface area contributed by atoms with Gasteiger partial charge in [0.2, 0.25) is 15.9 Å². The van der Waals surface area contributed by atoms with Crippen LogP contribution in [0.25, 0.3) is 10.8 Å². The van der Waals surface area contributed by atoms with Crippen molar-refractivity contribution in [1.82, 2.24) is 14.1 Å². The van der Waals surface area contributed by atoms with E-state index in [9.17, 15) is 26.4 Å². The maximum absolute atomic E-state index is 13.7. The maximum atomic E-state index is 13.7. The third kappa shape index (κ3) is 7.79. The summed E-state index contributed by atoms with van der Waals surface area (Å²) in [6.45, 7) is 7.27. The van der Waals surface area contributed by atoms with Crippen LogP contribution in [-0.2, 0) is 27.4 Å². The summed E-state index contributed by atoms with van der Waals surface area (Å²) in [7, 11) is -3.69. The van der Waals surface area contributed by atoms with Crippen LogP contribution in [0.15, 0.2) is 89.8 Å². The van der Waals surface area contributed by atoms with Crippen molar-refractivity contribution in [1.29, 1.82) is 0 Å². The van der Waals surface area contributed by atoms with Crippen molar-refractivity contribution in [3.8, 4) is 0 Å². The summed E-state index contributed by atoms with van der Waals surface area (Å²) in [4.78, 5) is 17.7. The summed E-state index contributed by atoms with van der Waals surface area (Å²) < 4.78 is 68.1. The molecule has 0 aliphatic carbocycles. The van der Waals surface area contributed by atoms with E-state index in [4.69, 9.17) is 0 Å². The first kappa shape index (κ1) is 33.6. The van der Waals surface area contributed by atoms with Crippen LogP contribution < -0.4 is 0 Å². The number of nitrogens with zero attached hydrogens (tertiary/aromatic N) is 3. The van der Waals surface area contributed by atoms with Crippen LogP contribution in [0.1, 0.15) is 47.2 Å². The van der Waals surface area contributed by atoms with Gasteiger partial charge in [0.15, 0.2) is 0 Å². The van der Waals surface area contributed by atoms with Crippen LogP contribution in [0.4, 0.5) is 13.2 Å². The molecule has 4 aromatic rings. The number of carbonyl (C=O) groups excluding carboxylic acids is 1. The zero-order valence-electron chi connectivity index (χ0n) is 26.4. The van der Waals surface area contributed by atoms with E-state index in [-0.39, 0.29) is 44.7 Å². The fourth-order valence-corrected chi connectivity index (χ4v) is 7.79. The fourth-order valence-electron chi connectivity index (χ4n) is 6.05. The highest BCUT2D eigenvalue weighted by Gasteiger charge is 2.33. The van der Waals surface area contributed by atoms with Crippen LogP contribution in [0, 0.1) is 13.8 Å². The zero-order chi connectivity index (χ0) is 33.1. The standard InChI is InChI=1S/C36H40F3N3O3S/c1-26-13-14-27(2)34(22-26)46(44,45)42-20-18-40(19-21-42)35(43)25-41(17-7-9-29-8-6-12-33(23-29)36(37,38)39)28(3)31-16-15-30-10-4-5-11-32(30)24-31/h4-6,8,10-16,22-24,28H,7,9,17-21,25H2,1-3H3/t28-/m0/s1. The Morgan fingerprint density at radius 3 is 2.30 bits per heavy atom. The second kappa shape index (κ2) is 13.9. The number of benzene rings is 4. The molecule has 1 fully saturated rings. The molecular weight excluding hydrogens is 611 g/mol. The van der Waals surface area contributed by atoms with Gasteiger partial charge in [-0.3, -0.25) is 9.69 Å². The quantitative estimate of drug-likeness (QED) is 0.185. The smallest absolute Gasteiger partial charge is 0.339 e. The predicted molar refractivity (Wildman–Crippen MR) is 175 cm³/mol. The number of halogens is 3. The van der Waals surface area contributed by atoms with E-state index < -0.39 is 21.8 Å². The van der Waals surface area contributed by atoms with Crippen molar-refractivity contribution in [2.75, 3.05) is 39.3 Å². The van der Waals surface area contributed by atoms with Crippen LogP contribution in [0.2, 0.25) is 0 Å². The lowest BCUT2D eigenvalue weighted by Gasteiger charge is -2.36. The number of piperazine rings is 1. The van der Waals surface area contributed by atoms with Gasteiger partial charge >= 0.3 is 6.18 Å². The average molecular weight is 652 g/mol. The second-order valence-corrected chi connectivity index (χ2v) is 14.0. The minimum absolute atomic E-state index is 0.101. The number of fused-ring (bicyclic) bond motifs is 1. The Hall–Kier alpha value is -3.73. The van der Waals surface area contributed by atoms with Crippen molar-refractivity contribution in [2.45, 2.75) is 50.7 Å². The molecule has 10 heteroatoms. The second-order valence-electron chi connectivity index (χ2n) is 12.1. The normalized spacial score (nSPS) is 15.4. The number of hydrogen-bond acceptors (Lipinski definition) is 4. The van der Waals surface area contributed by atoms with Crippen molar-refractivity contribution >= 4 is 26.7 Å². The van der Waals surface area contributed by atoms with Crippen molar-refractivity contribution in [3.05, 3.63) is 113 Å². The van der Waals surface area contributed by atoms with Crippen LogP contribution in [0.5, 0.6) is 0 Å². The lowest BCUT2D eigenvalue weighted by atomic mass is 10.0. The largest absolute Gasteiger partial charge is 0.416 e. The van der Waals surface area contributed by atoms with Crippen LogP contribution >= 0.6 is 0 Å². The molecular formula is C36H40F3N3O3S. The van der Waals surface area contributed by atoms with E-state index in [2.05, 4.69) is 17.0 Å². The van der Waals surface area contributed by atoms with Crippen LogP contribution in [0.3, 0.4) is 0 Å². The Morgan fingerprint density at radius 2 is 1.59 bits per heavy atom. The SMILES string of the molecule is Cc1ccc(C)c(S(=O)(=O)N2CCN(C(=O)CN(CCCc3cccc(C(F)(F)F)c3)[C@@H](C)c3ccc4ccccc4c3)CC2)c1. The Balaban J connectivity index is 1.28. The number of aryl methyl sites for hydroxylation is 3. The lowest BCUT2D eigenvalue weighted by molar-refractivity contribution is -0.137. The Morgan fingerprint density at radius 1 is 0.870 bits per heavy atom. The number of rotatable bonds is 10. The fraction of sp³-hybridized carbons (Fsp3) is 0.361. The molecule has 244 valence electrons. The van der Waals surface area contributed by atoms with Gasteiger partial charge in [-0.25, -0.2) is 8.42 Å². The van der Waals surface area contributed by atoms with E-state index in [0.29, 0.717) is 35.4 Å². The highest BCUT2D eigenvalue weighted by molar-refractivity contribution is 7.89. The molecule has 5 rings (SSSR count). The predicted octanol–water partition coefficient (Wildman–Crippen LogP) is 7.00. The van der Waals surface area contributed by atoms with Gasteiger partial charge in [0.25, 0.3) is 0 Å². The summed E-state index contributed by atoms with van der Waals surface area (Å²) in [6, 6.07) is 24.9. The van der Waals surface area contributed by atoms with Gasteiger partial charge in [-0.1, -0.05) is 66.7 Å². The molecule has 1 aliphatic rings. The van der Waals surface area contributed by atoms with Crippen molar-refractivity contribution < 1.29 is 26.4 Å². The molecule has 0 radical (unpaired) electrons. The third-order valence-electron chi connectivity index (χ3n) is 8.86. The molecule has 1 amide bonds. The minimum atomic E-state index is -4.40. The summed E-state index contributed by atoms with van der Waals surface area (Å²) >= 11 is 0. The summed E-state index contributed by atoms with van der Waals surface area (Å²) in [5, 5.41) is 2.20.